The van der Waals surface area contributed by atoms with E-state index < -0.39 is 42.3 Å². The Balaban J connectivity index is 2.06. The molecule has 0 aliphatic rings. The van der Waals surface area contributed by atoms with E-state index >= 15 is 0 Å². The standard InChI is InChI=1S/C23H27F3N2O4/c1-15(2)19(28-22(31)32-14-17-11-7-4-8-12-17)21(30)27-18(20(29)23(24,25)26)13-16-9-5-3-6-10-16/h3-12,15,18-20,29H,13-14H2,1-2H3,(H,27,30)(H,28,31)/t18?,19-,20?/m0/s1. The van der Waals surface area contributed by atoms with Crippen LogP contribution >= 0.6 is 0 Å². The maximum atomic E-state index is 13.2. The van der Waals surface area contributed by atoms with E-state index in [4.69, 9.17) is 4.74 Å². The van der Waals surface area contributed by atoms with Crippen LogP contribution in [0.2, 0.25) is 0 Å². The third-order valence-corrected chi connectivity index (χ3v) is 4.78. The van der Waals surface area contributed by atoms with Crippen LogP contribution in [0.5, 0.6) is 0 Å². The Kier molecular flexibility index (Phi) is 9.07. The second-order valence-electron chi connectivity index (χ2n) is 7.72. The normalized spacial score (nSPS) is 14.3. The van der Waals surface area contributed by atoms with Crippen LogP contribution in [0.1, 0.15) is 25.0 Å². The van der Waals surface area contributed by atoms with E-state index in [9.17, 15) is 27.9 Å². The lowest BCUT2D eigenvalue weighted by Crippen LogP contribution is -2.57. The molecule has 3 N–H and O–H groups in total. The number of rotatable bonds is 9. The van der Waals surface area contributed by atoms with Crippen molar-refractivity contribution >= 4 is 12.0 Å². The number of alkyl carbamates (subject to hydrolysis) is 1. The summed E-state index contributed by atoms with van der Waals surface area (Å²) in [6, 6.07) is 14.3. The molecule has 2 aromatic rings. The van der Waals surface area contributed by atoms with Crippen LogP contribution < -0.4 is 10.6 Å². The van der Waals surface area contributed by atoms with Gasteiger partial charge < -0.3 is 20.5 Å². The molecule has 2 amide bonds. The number of ether oxygens (including phenoxy) is 1. The van der Waals surface area contributed by atoms with Gasteiger partial charge in [0.25, 0.3) is 0 Å². The Morgan fingerprint density at radius 2 is 1.47 bits per heavy atom. The molecule has 32 heavy (non-hydrogen) atoms. The van der Waals surface area contributed by atoms with E-state index in [0.717, 1.165) is 5.56 Å². The van der Waals surface area contributed by atoms with E-state index in [2.05, 4.69) is 10.6 Å². The molecule has 3 atom stereocenters. The largest absolute Gasteiger partial charge is 0.445 e. The minimum absolute atomic E-state index is 0.0253. The Morgan fingerprint density at radius 1 is 0.938 bits per heavy atom. The van der Waals surface area contributed by atoms with Gasteiger partial charge in [0.2, 0.25) is 5.91 Å². The first kappa shape index (κ1) is 25.2. The van der Waals surface area contributed by atoms with Gasteiger partial charge in [0, 0.05) is 0 Å². The number of nitrogens with one attached hydrogen (secondary N) is 2. The number of carbonyl (C=O) groups excluding carboxylic acids is 2. The highest BCUT2D eigenvalue weighted by Gasteiger charge is 2.44. The first-order chi connectivity index (χ1) is 15.1. The molecule has 0 radical (unpaired) electrons. The predicted octanol–water partition coefficient (Wildman–Crippen LogP) is 3.59. The fraction of sp³-hybridized carbons (Fsp3) is 0.391. The van der Waals surface area contributed by atoms with Crippen molar-refractivity contribution in [2.24, 2.45) is 5.92 Å². The van der Waals surface area contributed by atoms with Crippen LogP contribution in [0, 0.1) is 5.92 Å². The Hall–Kier alpha value is -3.07. The van der Waals surface area contributed by atoms with Gasteiger partial charge in [-0.25, -0.2) is 4.79 Å². The topological polar surface area (TPSA) is 87.7 Å². The van der Waals surface area contributed by atoms with Crippen LogP contribution in [0.3, 0.4) is 0 Å². The van der Waals surface area contributed by atoms with Crippen LogP contribution in [-0.2, 0) is 22.6 Å². The van der Waals surface area contributed by atoms with Crippen LogP contribution in [-0.4, -0.2) is 41.5 Å². The van der Waals surface area contributed by atoms with Crippen LogP contribution in [0.4, 0.5) is 18.0 Å². The van der Waals surface area contributed by atoms with Crippen molar-refractivity contribution in [3.63, 3.8) is 0 Å². The minimum Gasteiger partial charge on any atom is -0.445 e. The zero-order chi connectivity index (χ0) is 23.7. The van der Waals surface area contributed by atoms with E-state index in [0.29, 0.717) is 5.56 Å². The fourth-order valence-corrected chi connectivity index (χ4v) is 3.04. The van der Waals surface area contributed by atoms with E-state index in [-0.39, 0.29) is 13.0 Å². The lowest BCUT2D eigenvalue weighted by atomic mass is 9.98. The molecule has 0 aromatic heterocycles. The number of benzene rings is 2. The zero-order valence-corrected chi connectivity index (χ0v) is 17.8. The SMILES string of the molecule is CC(C)[C@H](NC(=O)OCc1ccccc1)C(=O)NC(Cc1ccccc1)C(O)C(F)(F)F. The van der Waals surface area contributed by atoms with Gasteiger partial charge in [0.1, 0.15) is 12.6 Å². The van der Waals surface area contributed by atoms with Crippen molar-refractivity contribution in [2.45, 2.75) is 51.2 Å². The maximum absolute atomic E-state index is 13.2. The Bertz CT molecular complexity index is 861. The molecule has 0 fully saturated rings. The van der Waals surface area contributed by atoms with Gasteiger partial charge in [-0.15, -0.1) is 0 Å². The molecular weight excluding hydrogens is 425 g/mol. The quantitative estimate of drug-likeness (QED) is 0.543. The first-order valence-corrected chi connectivity index (χ1v) is 10.1. The third kappa shape index (κ3) is 7.88. The number of aliphatic hydroxyl groups is 1. The monoisotopic (exact) mass is 452 g/mol. The first-order valence-electron chi connectivity index (χ1n) is 10.1. The summed E-state index contributed by atoms with van der Waals surface area (Å²) in [5, 5.41) is 14.5. The molecule has 0 spiro atoms. The average Bonchev–Trinajstić information content (AvgIpc) is 2.75. The second-order valence-corrected chi connectivity index (χ2v) is 7.72. The predicted molar refractivity (Wildman–Crippen MR) is 113 cm³/mol. The summed E-state index contributed by atoms with van der Waals surface area (Å²) in [6.07, 6.45) is -8.82. The van der Waals surface area contributed by atoms with Gasteiger partial charge in [-0.3, -0.25) is 4.79 Å². The summed E-state index contributed by atoms with van der Waals surface area (Å²) in [7, 11) is 0. The summed E-state index contributed by atoms with van der Waals surface area (Å²) < 4.78 is 44.7. The van der Waals surface area contributed by atoms with Crippen molar-refractivity contribution in [1.82, 2.24) is 10.6 Å². The number of hydrogen-bond acceptors (Lipinski definition) is 4. The third-order valence-electron chi connectivity index (χ3n) is 4.78. The molecule has 0 aliphatic heterocycles. The number of amides is 2. The number of alkyl halides is 3. The molecule has 174 valence electrons. The minimum atomic E-state index is -4.93. The molecule has 0 aliphatic carbocycles. The van der Waals surface area contributed by atoms with Crippen molar-refractivity contribution in [3.05, 3.63) is 71.8 Å². The molecule has 0 heterocycles. The van der Waals surface area contributed by atoms with Gasteiger partial charge in [0.15, 0.2) is 6.10 Å². The summed E-state index contributed by atoms with van der Waals surface area (Å²) >= 11 is 0. The van der Waals surface area contributed by atoms with Gasteiger partial charge in [-0.1, -0.05) is 74.5 Å². The van der Waals surface area contributed by atoms with Crippen LogP contribution in [0.25, 0.3) is 0 Å². The summed E-state index contributed by atoms with van der Waals surface area (Å²) in [4.78, 5) is 24.9. The highest BCUT2D eigenvalue weighted by atomic mass is 19.4. The maximum Gasteiger partial charge on any atom is 0.416 e. The molecule has 2 unspecified atom stereocenters. The molecule has 0 saturated carbocycles. The van der Waals surface area contributed by atoms with Gasteiger partial charge in [-0.2, -0.15) is 13.2 Å². The van der Waals surface area contributed by atoms with Crippen molar-refractivity contribution in [1.29, 1.82) is 0 Å². The molecular formula is C23H27F3N2O4. The molecule has 0 saturated heterocycles. The van der Waals surface area contributed by atoms with Crippen LogP contribution in [0.15, 0.2) is 60.7 Å². The molecule has 9 heteroatoms. The summed E-state index contributed by atoms with van der Waals surface area (Å²) in [5.74, 6) is -1.29. The lowest BCUT2D eigenvalue weighted by Gasteiger charge is -2.29. The van der Waals surface area contributed by atoms with Gasteiger partial charge >= 0.3 is 12.3 Å². The van der Waals surface area contributed by atoms with E-state index in [1.165, 1.54) is 0 Å². The van der Waals surface area contributed by atoms with Crippen molar-refractivity contribution < 1.29 is 32.6 Å². The smallest absolute Gasteiger partial charge is 0.416 e. The fourth-order valence-electron chi connectivity index (χ4n) is 3.04. The number of hydrogen-bond donors (Lipinski definition) is 3. The summed E-state index contributed by atoms with van der Waals surface area (Å²) in [5.41, 5.74) is 1.25. The van der Waals surface area contributed by atoms with Crippen molar-refractivity contribution in [3.8, 4) is 0 Å². The highest BCUT2D eigenvalue weighted by molar-refractivity contribution is 5.86. The molecule has 2 rings (SSSR count). The second kappa shape index (κ2) is 11.5. The molecule has 2 aromatic carbocycles. The number of carbonyl (C=O) groups is 2. The molecule has 0 bridgehead atoms. The lowest BCUT2D eigenvalue weighted by molar-refractivity contribution is -0.212. The van der Waals surface area contributed by atoms with Crippen molar-refractivity contribution in [2.75, 3.05) is 0 Å². The molecule has 6 nitrogen and oxygen atoms in total. The zero-order valence-electron chi connectivity index (χ0n) is 17.8. The number of halogens is 3. The van der Waals surface area contributed by atoms with E-state index in [1.54, 1.807) is 68.4 Å². The highest BCUT2D eigenvalue weighted by Crippen LogP contribution is 2.24. The number of aliphatic hydroxyl groups excluding tert-OH is 1. The average molecular weight is 452 g/mol. The van der Waals surface area contributed by atoms with Gasteiger partial charge in [-0.05, 0) is 23.5 Å². The van der Waals surface area contributed by atoms with Gasteiger partial charge in [0.05, 0.1) is 6.04 Å². The Labute approximate surface area is 184 Å². The Morgan fingerprint density at radius 3 is 1.97 bits per heavy atom. The van der Waals surface area contributed by atoms with E-state index in [1.807, 2.05) is 6.07 Å². The summed E-state index contributed by atoms with van der Waals surface area (Å²) in [6.45, 7) is 3.24.